The summed E-state index contributed by atoms with van der Waals surface area (Å²) in [5.74, 6) is 0.778. The summed E-state index contributed by atoms with van der Waals surface area (Å²) in [5.41, 5.74) is 0.711. The molecular weight excluding hydrogens is 430 g/mol. The van der Waals surface area contributed by atoms with Gasteiger partial charge in [-0.25, -0.2) is 8.42 Å². The lowest BCUT2D eigenvalue weighted by Crippen LogP contribution is -2.25. The molecule has 1 unspecified atom stereocenters. The van der Waals surface area contributed by atoms with Crippen molar-refractivity contribution in [2.75, 3.05) is 17.2 Å². The van der Waals surface area contributed by atoms with Crippen molar-refractivity contribution in [1.29, 1.82) is 0 Å². The highest BCUT2D eigenvalue weighted by Crippen LogP contribution is 2.29. The summed E-state index contributed by atoms with van der Waals surface area (Å²) in [4.78, 5) is 13.7. The summed E-state index contributed by atoms with van der Waals surface area (Å²) >= 11 is 3.37. The molecule has 0 bridgehead atoms. The number of hydrogen-bond acceptors (Lipinski definition) is 4. The normalized spacial score (nSPS) is 17.8. The van der Waals surface area contributed by atoms with Crippen LogP contribution in [0.2, 0.25) is 0 Å². The van der Waals surface area contributed by atoms with Gasteiger partial charge < -0.3 is 9.64 Å². The van der Waals surface area contributed by atoms with Crippen molar-refractivity contribution in [1.82, 2.24) is 0 Å². The third-order valence-electron chi connectivity index (χ3n) is 3.84. The first-order valence-corrected chi connectivity index (χ1v) is 10.8. The van der Waals surface area contributed by atoms with Gasteiger partial charge in [-0.2, -0.15) is 0 Å². The third-order valence-corrected chi connectivity index (χ3v) is 5.61. The monoisotopic (exact) mass is 443 g/mol. The summed E-state index contributed by atoms with van der Waals surface area (Å²) in [6.07, 6.45) is 0.184. The standard InChI is InChI=1S/C17H15BrClNO4S/c18-13-1-5-15(6-2-13)24-16-7-3-14(4-8-16)20-10-12(9-17(20)21)11-25(19,22)23/h1-8,12H,9-11H2. The Morgan fingerprint density at radius 1 is 1.08 bits per heavy atom. The van der Waals surface area contributed by atoms with Crippen molar-refractivity contribution < 1.29 is 17.9 Å². The number of halogens is 2. The Bertz CT molecular complexity index is 869. The van der Waals surface area contributed by atoms with Gasteiger partial charge in [-0.1, -0.05) is 15.9 Å². The van der Waals surface area contributed by atoms with Crippen molar-refractivity contribution in [3.05, 3.63) is 53.0 Å². The molecule has 5 nitrogen and oxygen atoms in total. The molecule has 132 valence electrons. The van der Waals surface area contributed by atoms with E-state index >= 15 is 0 Å². The van der Waals surface area contributed by atoms with Crippen LogP contribution < -0.4 is 9.64 Å². The highest BCUT2D eigenvalue weighted by atomic mass is 79.9. The highest BCUT2D eigenvalue weighted by molar-refractivity contribution is 9.10. The number of anilines is 1. The Morgan fingerprint density at radius 3 is 2.20 bits per heavy atom. The van der Waals surface area contributed by atoms with Gasteiger partial charge >= 0.3 is 0 Å². The summed E-state index contributed by atoms with van der Waals surface area (Å²) < 4.78 is 29.1. The summed E-state index contributed by atoms with van der Waals surface area (Å²) in [7, 11) is 1.67. The second-order valence-electron chi connectivity index (χ2n) is 5.83. The third kappa shape index (κ3) is 4.96. The van der Waals surface area contributed by atoms with Crippen LogP contribution in [0, 0.1) is 5.92 Å². The topological polar surface area (TPSA) is 63.7 Å². The number of benzene rings is 2. The molecule has 1 fully saturated rings. The summed E-state index contributed by atoms with van der Waals surface area (Å²) in [6, 6.07) is 14.6. The van der Waals surface area contributed by atoms with Gasteiger partial charge in [-0.05, 0) is 48.5 Å². The van der Waals surface area contributed by atoms with Gasteiger partial charge in [-0.15, -0.1) is 0 Å². The average molecular weight is 445 g/mol. The van der Waals surface area contributed by atoms with E-state index in [2.05, 4.69) is 15.9 Å². The Morgan fingerprint density at radius 2 is 1.64 bits per heavy atom. The number of nitrogens with zero attached hydrogens (tertiary/aromatic N) is 1. The molecule has 1 amide bonds. The number of ether oxygens (including phenoxy) is 1. The van der Waals surface area contributed by atoms with E-state index in [1.54, 1.807) is 29.2 Å². The molecule has 1 saturated heterocycles. The van der Waals surface area contributed by atoms with Crippen LogP contribution >= 0.6 is 26.6 Å². The van der Waals surface area contributed by atoms with Gasteiger partial charge in [0.2, 0.25) is 15.0 Å². The van der Waals surface area contributed by atoms with E-state index in [-0.39, 0.29) is 24.0 Å². The minimum Gasteiger partial charge on any atom is -0.457 e. The van der Waals surface area contributed by atoms with Crippen LogP contribution in [0.3, 0.4) is 0 Å². The quantitative estimate of drug-likeness (QED) is 0.650. The molecular formula is C17H15BrClNO4S. The lowest BCUT2D eigenvalue weighted by atomic mass is 10.1. The fourth-order valence-electron chi connectivity index (χ4n) is 2.76. The maximum atomic E-state index is 12.1. The van der Waals surface area contributed by atoms with Gasteiger partial charge in [-0.3, -0.25) is 4.79 Å². The van der Waals surface area contributed by atoms with Crippen LogP contribution in [-0.2, 0) is 13.8 Å². The van der Waals surface area contributed by atoms with Crippen LogP contribution in [0.5, 0.6) is 11.5 Å². The minimum atomic E-state index is -3.61. The Hall–Kier alpha value is -1.57. The van der Waals surface area contributed by atoms with Gasteiger partial charge in [0.15, 0.2) is 0 Å². The number of amides is 1. The first-order valence-electron chi connectivity index (χ1n) is 7.56. The summed E-state index contributed by atoms with van der Waals surface area (Å²) in [6.45, 7) is 0.345. The van der Waals surface area contributed by atoms with Crippen LogP contribution in [0.1, 0.15) is 6.42 Å². The average Bonchev–Trinajstić information content (AvgIpc) is 2.89. The Balaban J connectivity index is 1.68. The second-order valence-corrected chi connectivity index (χ2v) is 9.57. The van der Waals surface area contributed by atoms with Crippen LogP contribution in [0.25, 0.3) is 0 Å². The molecule has 1 heterocycles. The molecule has 25 heavy (non-hydrogen) atoms. The molecule has 0 aliphatic carbocycles. The zero-order valence-corrected chi connectivity index (χ0v) is 16.2. The maximum absolute atomic E-state index is 12.1. The fourth-order valence-corrected chi connectivity index (χ4v) is 4.34. The van der Waals surface area contributed by atoms with E-state index in [0.29, 0.717) is 23.7 Å². The Labute approximate surface area is 159 Å². The number of rotatable bonds is 5. The van der Waals surface area contributed by atoms with Crippen molar-refractivity contribution in [2.45, 2.75) is 6.42 Å². The predicted molar refractivity (Wildman–Crippen MR) is 101 cm³/mol. The van der Waals surface area contributed by atoms with Gasteiger partial charge in [0.05, 0.1) is 5.75 Å². The molecule has 0 N–H and O–H groups in total. The molecule has 3 rings (SSSR count). The first kappa shape index (κ1) is 18.2. The Kier molecular flexibility index (Phi) is 5.36. The second kappa shape index (κ2) is 7.35. The van der Waals surface area contributed by atoms with Crippen molar-refractivity contribution >= 4 is 47.3 Å². The van der Waals surface area contributed by atoms with Gasteiger partial charge in [0.1, 0.15) is 11.5 Å². The lowest BCUT2D eigenvalue weighted by molar-refractivity contribution is -0.117. The molecule has 1 aliphatic heterocycles. The van der Waals surface area contributed by atoms with Crippen molar-refractivity contribution in [3.63, 3.8) is 0 Å². The number of carbonyl (C=O) groups is 1. The number of hydrogen-bond donors (Lipinski definition) is 0. The van der Waals surface area contributed by atoms with E-state index in [4.69, 9.17) is 15.4 Å². The molecule has 8 heteroatoms. The van der Waals surface area contributed by atoms with Gasteiger partial charge in [0, 0.05) is 39.7 Å². The van der Waals surface area contributed by atoms with Crippen molar-refractivity contribution in [2.24, 2.45) is 5.92 Å². The van der Waals surface area contributed by atoms with E-state index < -0.39 is 9.05 Å². The summed E-state index contributed by atoms with van der Waals surface area (Å²) in [5, 5.41) is 0. The zero-order chi connectivity index (χ0) is 18.0. The zero-order valence-electron chi connectivity index (χ0n) is 13.1. The molecule has 1 aliphatic rings. The fraction of sp³-hybridized carbons (Fsp3) is 0.235. The molecule has 0 saturated carbocycles. The molecule has 0 spiro atoms. The van der Waals surface area contributed by atoms with Crippen molar-refractivity contribution in [3.8, 4) is 11.5 Å². The van der Waals surface area contributed by atoms with E-state index in [1.807, 2.05) is 24.3 Å². The predicted octanol–water partition coefficient (Wildman–Crippen LogP) is 4.16. The van der Waals surface area contributed by atoms with Gasteiger partial charge in [0.25, 0.3) is 0 Å². The first-order chi connectivity index (χ1) is 11.8. The maximum Gasteiger partial charge on any atom is 0.232 e. The molecule has 1 atom stereocenters. The smallest absolute Gasteiger partial charge is 0.232 e. The minimum absolute atomic E-state index is 0.105. The highest BCUT2D eigenvalue weighted by Gasteiger charge is 2.33. The molecule has 0 radical (unpaired) electrons. The number of carbonyl (C=O) groups excluding carboxylic acids is 1. The lowest BCUT2D eigenvalue weighted by Gasteiger charge is -2.17. The largest absolute Gasteiger partial charge is 0.457 e. The van der Waals surface area contributed by atoms with E-state index in [0.717, 1.165) is 4.47 Å². The van der Waals surface area contributed by atoms with Crippen LogP contribution in [0.15, 0.2) is 53.0 Å². The molecule has 0 aromatic heterocycles. The SMILES string of the molecule is O=C1CC(CS(=O)(=O)Cl)CN1c1ccc(Oc2ccc(Br)cc2)cc1. The van der Waals surface area contributed by atoms with E-state index in [9.17, 15) is 13.2 Å². The van der Waals surface area contributed by atoms with Crippen LogP contribution in [0.4, 0.5) is 5.69 Å². The molecule has 2 aromatic rings. The van der Waals surface area contributed by atoms with Crippen LogP contribution in [-0.4, -0.2) is 26.6 Å². The molecule has 2 aromatic carbocycles. The van der Waals surface area contributed by atoms with E-state index in [1.165, 1.54) is 0 Å².